The Kier molecular flexibility index (Phi) is 5.04. The van der Waals surface area contributed by atoms with Gasteiger partial charge in [0.25, 0.3) is 5.91 Å². The number of carbonyl (C=O) groups excluding carboxylic acids is 1. The number of anilines is 1. The van der Waals surface area contributed by atoms with Gasteiger partial charge in [0.05, 0.1) is 18.2 Å². The van der Waals surface area contributed by atoms with Crippen molar-refractivity contribution >= 4 is 23.3 Å². The molecule has 7 heteroatoms. The first kappa shape index (κ1) is 16.6. The summed E-state index contributed by atoms with van der Waals surface area (Å²) in [6, 6.07) is 10.5. The second-order valence-corrected chi connectivity index (χ2v) is 5.16. The lowest BCUT2D eigenvalue weighted by molar-refractivity contribution is 0.0948. The highest BCUT2D eigenvalue weighted by molar-refractivity contribution is 6.29. The van der Waals surface area contributed by atoms with Gasteiger partial charge in [-0.3, -0.25) is 15.2 Å². The molecule has 1 N–H and O–H groups in total. The normalized spacial score (nSPS) is 9.87. The van der Waals surface area contributed by atoms with Gasteiger partial charge >= 0.3 is 0 Å². The molecule has 0 aliphatic carbocycles. The van der Waals surface area contributed by atoms with Gasteiger partial charge in [0.1, 0.15) is 17.0 Å². The van der Waals surface area contributed by atoms with Crippen molar-refractivity contribution < 1.29 is 9.53 Å². The monoisotopic (exact) mass is 330 g/mol. The lowest BCUT2D eigenvalue weighted by Gasteiger charge is -2.21. The number of pyridine rings is 1. The summed E-state index contributed by atoms with van der Waals surface area (Å²) in [6.45, 7) is 1.76. The molecule has 0 spiro atoms. The van der Waals surface area contributed by atoms with Gasteiger partial charge in [-0.1, -0.05) is 23.7 Å². The highest BCUT2D eigenvalue weighted by Gasteiger charge is 2.18. The van der Waals surface area contributed by atoms with E-state index in [1.54, 1.807) is 44.3 Å². The zero-order valence-electron chi connectivity index (χ0n) is 12.9. The van der Waals surface area contributed by atoms with Gasteiger partial charge < -0.3 is 4.74 Å². The van der Waals surface area contributed by atoms with Crippen molar-refractivity contribution in [2.45, 2.75) is 6.92 Å². The number of amides is 1. The minimum atomic E-state index is -0.381. The second-order valence-electron chi connectivity index (χ2n) is 4.77. The molecule has 0 fully saturated rings. The van der Waals surface area contributed by atoms with E-state index in [9.17, 15) is 10.1 Å². The molecule has 0 aliphatic rings. The van der Waals surface area contributed by atoms with Crippen LogP contribution in [0.15, 0.2) is 30.3 Å². The van der Waals surface area contributed by atoms with Crippen LogP contribution in [-0.2, 0) is 0 Å². The number of halogens is 1. The number of nitriles is 1. The number of rotatable bonds is 4. The zero-order chi connectivity index (χ0) is 17.0. The Hall–Kier alpha value is -2.78. The Morgan fingerprint density at radius 2 is 2.13 bits per heavy atom. The molecule has 1 amide bonds. The van der Waals surface area contributed by atoms with E-state index in [4.69, 9.17) is 16.3 Å². The summed E-state index contributed by atoms with van der Waals surface area (Å²) in [5.74, 6) is 0.350. The van der Waals surface area contributed by atoms with Crippen LogP contribution in [0.25, 0.3) is 0 Å². The Labute approximate surface area is 139 Å². The average molecular weight is 331 g/mol. The first-order valence-electron chi connectivity index (χ1n) is 6.73. The second kappa shape index (κ2) is 6.99. The van der Waals surface area contributed by atoms with Crippen molar-refractivity contribution in [1.82, 2.24) is 10.4 Å². The molecule has 6 nitrogen and oxygen atoms in total. The number of hydrazine groups is 1. The van der Waals surface area contributed by atoms with Crippen LogP contribution in [0, 0.1) is 18.3 Å². The van der Waals surface area contributed by atoms with E-state index >= 15 is 0 Å². The fourth-order valence-corrected chi connectivity index (χ4v) is 2.34. The first-order chi connectivity index (χ1) is 11.0. The van der Waals surface area contributed by atoms with Crippen LogP contribution in [0.5, 0.6) is 5.75 Å². The van der Waals surface area contributed by atoms with E-state index < -0.39 is 0 Å². The van der Waals surface area contributed by atoms with E-state index in [-0.39, 0.29) is 16.9 Å². The van der Waals surface area contributed by atoms with Crippen LogP contribution in [0.4, 0.5) is 5.82 Å². The van der Waals surface area contributed by atoms with E-state index in [1.165, 1.54) is 12.1 Å². The van der Waals surface area contributed by atoms with Crippen LogP contribution >= 0.6 is 11.6 Å². The summed E-state index contributed by atoms with van der Waals surface area (Å²) >= 11 is 5.94. The third-order valence-corrected chi connectivity index (χ3v) is 3.41. The lowest BCUT2D eigenvalue weighted by Crippen LogP contribution is -2.40. The van der Waals surface area contributed by atoms with E-state index in [2.05, 4.69) is 16.5 Å². The van der Waals surface area contributed by atoms with Crippen molar-refractivity contribution in [3.63, 3.8) is 0 Å². The fourth-order valence-electron chi connectivity index (χ4n) is 2.10. The molecule has 23 heavy (non-hydrogen) atoms. The highest BCUT2D eigenvalue weighted by atomic mass is 35.5. The van der Waals surface area contributed by atoms with Crippen LogP contribution < -0.4 is 15.2 Å². The number of nitrogens with one attached hydrogen (secondary N) is 1. The minimum Gasteiger partial charge on any atom is -0.496 e. The number of hydrogen-bond acceptors (Lipinski definition) is 5. The maximum absolute atomic E-state index is 12.4. The van der Waals surface area contributed by atoms with Crippen molar-refractivity contribution in [3.05, 3.63) is 52.2 Å². The van der Waals surface area contributed by atoms with Gasteiger partial charge in [-0.15, -0.1) is 0 Å². The minimum absolute atomic E-state index is 0.245. The third-order valence-electron chi connectivity index (χ3n) is 3.22. The highest BCUT2D eigenvalue weighted by Crippen LogP contribution is 2.23. The predicted octanol–water partition coefficient (Wildman–Crippen LogP) is 2.70. The van der Waals surface area contributed by atoms with Crippen LogP contribution in [0.3, 0.4) is 0 Å². The molecule has 0 saturated heterocycles. The van der Waals surface area contributed by atoms with Gasteiger partial charge in [-0.2, -0.15) is 5.26 Å². The van der Waals surface area contributed by atoms with Crippen LogP contribution in [-0.4, -0.2) is 25.0 Å². The molecule has 1 aromatic carbocycles. The molecular weight excluding hydrogens is 316 g/mol. The Balaban J connectivity index is 2.31. The molecule has 0 atom stereocenters. The van der Waals surface area contributed by atoms with E-state index in [1.807, 2.05) is 0 Å². The summed E-state index contributed by atoms with van der Waals surface area (Å²) in [4.78, 5) is 16.5. The number of aryl methyl sites for hydroxylation is 1. The Morgan fingerprint density at radius 1 is 1.43 bits per heavy atom. The molecule has 0 unspecified atom stereocenters. The zero-order valence-corrected chi connectivity index (χ0v) is 13.7. The Bertz CT molecular complexity index is 786. The van der Waals surface area contributed by atoms with Crippen molar-refractivity contribution in [2.75, 3.05) is 19.2 Å². The molecule has 0 radical (unpaired) electrons. The average Bonchev–Trinajstić information content (AvgIpc) is 2.53. The summed E-state index contributed by atoms with van der Waals surface area (Å²) in [6.07, 6.45) is 0. The van der Waals surface area contributed by atoms with Crippen molar-refractivity contribution in [3.8, 4) is 11.8 Å². The third kappa shape index (κ3) is 3.52. The molecule has 1 aromatic heterocycles. The van der Waals surface area contributed by atoms with Crippen molar-refractivity contribution in [1.29, 1.82) is 5.26 Å². The van der Waals surface area contributed by atoms with Crippen LogP contribution in [0.1, 0.15) is 21.5 Å². The largest absolute Gasteiger partial charge is 0.496 e. The molecule has 118 valence electrons. The molecular formula is C16H15ClN4O2. The van der Waals surface area contributed by atoms with E-state index in [0.717, 1.165) is 0 Å². The predicted molar refractivity (Wildman–Crippen MR) is 87.6 cm³/mol. The lowest BCUT2D eigenvalue weighted by atomic mass is 10.1. The van der Waals surface area contributed by atoms with Gasteiger partial charge in [-0.05, 0) is 30.7 Å². The molecule has 2 aromatic rings. The smallest absolute Gasteiger partial charge is 0.273 e. The fraction of sp³-hybridized carbons (Fsp3) is 0.188. The first-order valence-corrected chi connectivity index (χ1v) is 7.10. The van der Waals surface area contributed by atoms with Gasteiger partial charge in [0.15, 0.2) is 5.82 Å². The molecule has 0 bridgehead atoms. The number of nitrogens with zero attached hydrogens (tertiary/aromatic N) is 3. The Morgan fingerprint density at radius 3 is 2.78 bits per heavy atom. The van der Waals surface area contributed by atoms with Crippen LogP contribution in [0.2, 0.25) is 5.15 Å². The number of methoxy groups -OCH3 is 1. The topological polar surface area (TPSA) is 78.2 Å². The van der Waals surface area contributed by atoms with Gasteiger partial charge in [0.2, 0.25) is 0 Å². The SMILES string of the molecule is COc1ccccc1C(=O)NN(C)c1nc(Cl)cc(C)c1C#N. The number of para-hydroxylation sites is 1. The number of carbonyl (C=O) groups is 1. The summed E-state index contributed by atoms with van der Waals surface area (Å²) < 4.78 is 5.17. The van der Waals surface area contributed by atoms with Gasteiger partial charge in [0, 0.05) is 7.05 Å². The number of aromatic nitrogens is 1. The summed E-state index contributed by atoms with van der Waals surface area (Å²) in [7, 11) is 3.08. The molecule has 0 saturated carbocycles. The maximum atomic E-state index is 12.4. The molecule has 2 rings (SSSR count). The van der Waals surface area contributed by atoms with Crippen molar-refractivity contribution in [2.24, 2.45) is 0 Å². The molecule has 0 aliphatic heterocycles. The number of hydrogen-bond donors (Lipinski definition) is 1. The maximum Gasteiger partial charge on any atom is 0.273 e. The van der Waals surface area contributed by atoms with Gasteiger partial charge in [-0.25, -0.2) is 4.98 Å². The standard InChI is InChI=1S/C16H15ClN4O2/c1-10-8-14(17)19-15(12(10)9-18)21(2)20-16(22)11-6-4-5-7-13(11)23-3/h4-8H,1-3H3,(H,20,22). The summed E-state index contributed by atoms with van der Waals surface area (Å²) in [5.41, 5.74) is 4.06. The quantitative estimate of drug-likeness (QED) is 0.689. The number of benzene rings is 1. The number of ether oxygens (including phenoxy) is 1. The summed E-state index contributed by atoms with van der Waals surface area (Å²) in [5, 5.41) is 10.9. The van der Waals surface area contributed by atoms with E-state index in [0.29, 0.717) is 22.4 Å². The molecule has 1 heterocycles.